The van der Waals surface area contributed by atoms with Crippen molar-refractivity contribution in [1.29, 1.82) is 0 Å². The molecule has 0 saturated heterocycles. The van der Waals surface area contributed by atoms with Gasteiger partial charge in [-0.05, 0) is 51.0 Å². The highest BCUT2D eigenvalue weighted by molar-refractivity contribution is 5.96. The lowest BCUT2D eigenvalue weighted by atomic mass is 9.82. The molecule has 1 saturated carbocycles. The second kappa shape index (κ2) is 8.14. The Balaban J connectivity index is 2.00. The molecule has 0 unspecified atom stereocenters. The average Bonchev–Trinajstić information content (AvgIpc) is 3.06. The lowest BCUT2D eigenvalue weighted by Crippen LogP contribution is -2.32. The Morgan fingerprint density at radius 1 is 1.08 bits per heavy atom. The van der Waals surface area contributed by atoms with Gasteiger partial charge in [-0.3, -0.25) is 14.4 Å². The highest BCUT2D eigenvalue weighted by atomic mass is 16.4. The van der Waals surface area contributed by atoms with Crippen molar-refractivity contribution in [3.05, 3.63) is 29.8 Å². The van der Waals surface area contributed by atoms with E-state index < -0.39 is 11.4 Å². The number of carboxylic acids is 1. The van der Waals surface area contributed by atoms with Gasteiger partial charge < -0.3 is 15.3 Å². The topological polar surface area (TPSA) is 86.7 Å². The van der Waals surface area contributed by atoms with Crippen LogP contribution < -0.4 is 5.32 Å². The number of carbonyl (C=O) groups excluding carboxylic acids is 2. The van der Waals surface area contributed by atoms with Crippen LogP contribution in [0.1, 0.15) is 56.3 Å². The van der Waals surface area contributed by atoms with Gasteiger partial charge in [-0.2, -0.15) is 0 Å². The Morgan fingerprint density at radius 2 is 1.64 bits per heavy atom. The van der Waals surface area contributed by atoms with Gasteiger partial charge in [0.05, 0.1) is 5.41 Å². The van der Waals surface area contributed by atoms with Gasteiger partial charge in [0.15, 0.2) is 0 Å². The number of anilines is 1. The summed E-state index contributed by atoms with van der Waals surface area (Å²) in [6, 6.07) is 6.71. The van der Waals surface area contributed by atoms with Crippen molar-refractivity contribution in [2.24, 2.45) is 5.41 Å². The van der Waals surface area contributed by atoms with Crippen LogP contribution in [0.25, 0.3) is 0 Å². The zero-order valence-electron chi connectivity index (χ0n) is 14.9. The predicted octanol–water partition coefficient (Wildman–Crippen LogP) is 3.14. The third kappa shape index (κ3) is 4.38. The lowest BCUT2D eigenvalue weighted by molar-refractivity contribution is -0.150. The molecule has 0 bridgehead atoms. The number of benzene rings is 1. The Hall–Kier alpha value is -2.37. The fraction of sp³-hybridized carbons (Fsp3) is 0.526. The van der Waals surface area contributed by atoms with E-state index in [4.69, 9.17) is 0 Å². The van der Waals surface area contributed by atoms with Crippen molar-refractivity contribution in [1.82, 2.24) is 4.90 Å². The maximum absolute atomic E-state index is 12.3. The largest absolute Gasteiger partial charge is 0.481 e. The molecular weight excluding hydrogens is 320 g/mol. The summed E-state index contributed by atoms with van der Waals surface area (Å²) in [6.07, 6.45) is 2.78. The van der Waals surface area contributed by atoms with E-state index in [9.17, 15) is 19.5 Å². The molecule has 2 N–H and O–H groups in total. The zero-order chi connectivity index (χ0) is 18.4. The van der Waals surface area contributed by atoms with Crippen LogP contribution in [0.15, 0.2) is 24.3 Å². The molecule has 0 heterocycles. The Bertz CT molecular complexity index is 629. The van der Waals surface area contributed by atoms with Crippen molar-refractivity contribution >= 4 is 23.5 Å². The summed E-state index contributed by atoms with van der Waals surface area (Å²) < 4.78 is 0. The third-order valence-electron chi connectivity index (χ3n) is 4.98. The van der Waals surface area contributed by atoms with Crippen molar-refractivity contribution in [3.63, 3.8) is 0 Å². The number of nitrogens with zero attached hydrogens (tertiary/aromatic N) is 1. The van der Waals surface area contributed by atoms with E-state index in [1.165, 1.54) is 0 Å². The molecule has 25 heavy (non-hydrogen) atoms. The quantitative estimate of drug-likeness (QED) is 0.794. The fourth-order valence-electron chi connectivity index (χ4n) is 3.42. The molecule has 0 aliphatic heterocycles. The number of amides is 2. The molecule has 0 spiro atoms. The summed E-state index contributed by atoms with van der Waals surface area (Å²) in [7, 11) is 0. The lowest BCUT2D eigenvalue weighted by Gasteiger charge is -2.23. The van der Waals surface area contributed by atoms with Gasteiger partial charge in [0.25, 0.3) is 5.91 Å². The first kappa shape index (κ1) is 19.0. The van der Waals surface area contributed by atoms with Gasteiger partial charge in [-0.15, -0.1) is 0 Å². The summed E-state index contributed by atoms with van der Waals surface area (Å²) in [4.78, 5) is 37.8. The van der Waals surface area contributed by atoms with Gasteiger partial charge in [0.2, 0.25) is 5.91 Å². The van der Waals surface area contributed by atoms with Gasteiger partial charge in [-0.1, -0.05) is 12.8 Å². The summed E-state index contributed by atoms with van der Waals surface area (Å²) >= 11 is 0. The number of nitrogens with one attached hydrogen (secondary N) is 1. The van der Waals surface area contributed by atoms with Crippen molar-refractivity contribution < 1.29 is 19.5 Å². The van der Waals surface area contributed by atoms with Crippen LogP contribution >= 0.6 is 0 Å². The molecule has 1 aliphatic carbocycles. The molecule has 1 aliphatic rings. The minimum Gasteiger partial charge on any atom is -0.481 e. The molecule has 0 aromatic heterocycles. The summed E-state index contributed by atoms with van der Waals surface area (Å²) in [5.41, 5.74) is 0.210. The molecule has 6 nitrogen and oxygen atoms in total. The van der Waals surface area contributed by atoms with Crippen LogP contribution in [0.2, 0.25) is 0 Å². The van der Waals surface area contributed by atoms with E-state index >= 15 is 0 Å². The molecule has 1 fully saturated rings. The number of aliphatic carboxylic acids is 1. The average molecular weight is 346 g/mol. The summed E-state index contributed by atoms with van der Waals surface area (Å²) in [6.45, 7) is 5.14. The Labute approximate surface area is 148 Å². The van der Waals surface area contributed by atoms with Crippen LogP contribution in [0.4, 0.5) is 5.69 Å². The first-order chi connectivity index (χ1) is 11.9. The van der Waals surface area contributed by atoms with E-state index in [0.29, 0.717) is 37.2 Å². The van der Waals surface area contributed by atoms with E-state index in [1.807, 2.05) is 13.8 Å². The molecule has 1 aromatic carbocycles. The summed E-state index contributed by atoms with van der Waals surface area (Å²) in [5, 5.41) is 12.2. The first-order valence-corrected chi connectivity index (χ1v) is 8.84. The minimum atomic E-state index is -0.928. The Kier molecular flexibility index (Phi) is 6.17. The van der Waals surface area contributed by atoms with Gasteiger partial charge >= 0.3 is 5.97 Å². The number of carboxylic acid groups (broad SMARTS) is 1. The Morgan fingerprint density at radius 3 is 2.12 bits per heavy atom. The maximum atomic E-state index is 12.3. The molecule has 136 valence electrons. The molecule has 2 amide bonds. The number of hydrogen-bond donors (Lipinski definition) is 2. The number of carbonyl (C=O) groups is 3. The van der Waals surface area contributed by atoms with E-state index in [0.717, 1.165) is 12.8 Å². The molecule has 6 heteroatoms. The van der Waals surface area contributed by atoms with Crippen LogP contribution in [-0.4, -0.2) is 40.9 Å². The van der Waals surface area contributed by atoms with E-state index in [2.05, 4.69) is 5.32 Å². The standard InChI is InChI=1S/C19H26N2O4/c1-3-21(4-2)17(23)14-7-9-15(10-8-14)20-16(22)13-19(18(24)25)11-5-6-12-19/h7-10H,3-6,11-13H2,1-2H3,(H,20,22)(H,24,25). The van der Waals surface area contributed by atoms with Gasteiger partial charge in [-0.25, -0.2) is 0 Å². The SMILES string of the molecule is CCN(CC)C(=O)c1ccc(NC(=O)CC2(C(=O)O)CCCC2)cc1. The van der Waals surface area contributed by atoms with Crippen LogP contribution in [0, 0.1) is 5.41 Å². The zero-order valence-corrected chi connectivity index (χ0v) is 14.9. The molecule has 0 atom stereocenters. The second-order valence-corrected chi connectivity index (χ2v) is 6.57. The van der Waals surface area contributed by atoms with Crippen molar-refractivity contribution in [2.75, 3.05) is 18.4 Å². The summed E-state index contributed by atoms with van der Waals surface area (Å²) in [5.74, 6) is -1.23. The van der Waals surface area contributed by atoms with Crippen LogP contribution in [0.5, 0.6) is 0 Å². The maximum Gasteiger partial charge on any atom is 0.310 e. The van der Waals surface area contributed by atoms with Gasteiger partial charge in [0, 0.05) is 30.8 Å². The third-order valence-corrected chi connectivity index (χ3v) is 4.98. The molecule has 1 aromatic rings. The van der Waals surface area contributed by atoms with E-state index in [1.54, 1.807) is 29.2 Å². The second-order valence-electron chi connectivity index (χ2n) is 6.57. The predicted molar refractivity (Wildman–Crippen MR) is 95.5 cm³/mol. The van der Waals surface area contributed by atoms with Gasteiger partial charge in [0.1, 0.15) is 0 Å². The van der Waals surface area contributed by atoms with E-state index in [-0.39, 0.29) is 18.2 Å². The highest BCUT2D eigenvalue weighted by Gasteiger charge is 2.42. The molecule has 2 rings (SSSR count). The van der Waals surface area contributed by atoms with Crippen LogP contribution in [-0.2, 0) is 9.59 Å². The smallest absolute Gasteiger partial charge is 0.310 e. The number of rotatable bonds is 7. The normalized spacial score (nSPS) is 15.6. The molecular formula is C19H26N2O4. The fourth-order valence-corrected chi connectivity index (χ4v) is 3.42. The monoisotopic (exact) mass is 346 g/mol. The van der Waals surface area contributed by atoms with Crippen LogP contribution in [0.3, 0.4) is 0 Å². The molecule has 0 radical (unpaired) electrons. The van der Waals surface area contributed by atoms with Crippen molar-refractivity contribution in [2.45, 2.75) is 46.0 Å². The minimum absolute atomic E-state index is 0.0114. The number of hydrogen-bond acceptors (Lipinski definition) is 3. The first-order valence-electron chi connectivity index (χ1n) is 8.84. The highest BCUT2D eigenvalue weighted by Crippen LogP contribution is 2.41. The van der Waals surface area contributed by atoms with Crippen molar-refractivity contribution in [3.8, 4) is 0 Å².